The minimum absolute atomic E-state index is 0.0865. The molecule has 0 unspecified atom stereocenters. The van der Waals surface area contributed by atoms with Crippen LogP contribution in [0.4, 0.5) is 16.2 Å². The quantitative estimate of drug-likeness (QED) is 0.513. The van der Waals surface area contributed by atoms with Crippen LogP contribution in [0.25, 0.3) is 6.08 Å². The van der Waals surface area contributed by atoms with E-state index in [4.69, 9.17) is 0 Å². The van der Waals surface area contributed by atoms with Crippen molar-refractivity contribution in [3.8, 4) is 0 Å². The molecule has 2 aliphatic heterocycles. The van der Waals surface area contributed by atoms with E-state index >= 15 is 0 Å². The highest BCUT2D eigenvalue weighted by Crippen LogP contribution is 2.44. The average Bonchev–Trinajstić information content (AvgIpc) is 3.03. The highest BCUT2D eigenvalue weighted by Gasteiger charge is 2.37. The summed E-state index contributed by atoms with van der Waals surface area (Å²) < 4.78 is 0. The summed E-state index contributed by atoms with van der Waals surface area (Å²) in [6.07, 6.45) is 2.80. The smallest absolute Gasteiger partial charge is 0.294 e. The van der Waals surface area contributed by atoms with Crippen LogP contribution in [0, 0.1) is 13.8 Å². The zero-order chi connectivity index (χ0) is 25.5. The summed E-state index contributed by atoms with van der Waals surface area (Å²) in [6.45, 7) is 13.5. The standard InChI is InChI=1S/C28H33N3O3S/c1-7-31-23-11-9-20(13-22(23)19(4)15-28(31,5)6)14-24-26(33)30(27(34)35-24)16-25(32)29-21-10-8-17(2)18(3)12-21/h8-14,19H,7,15-16H2,1-6H3,(H,29,32)/b24-14-/t19-/m1/s1. The van der Waals surface area contributed by atoms with Crippen LogP contribution < -0.4 is 10.2 Å². The van der Waals surface area contributed by atoms with Crippen molar-refractivity contribution in [2.24, 2.45) is 0 Å². The molecule has 1 atom stereocenters. The van der Waals surface area contributed by atoms with Crippen LogP contribution in [0.15, 0.2) is 41.3 Å². The molecule has 1 fully saturated rings. The van der Waals surface area contributed by atoms with Crippen LogP contribution in [-0.2, 0) is 9.59 Å². The Morgan fingerprint density at radius 2 is 1.89 bits per heavy atom. The van der Waals surface area contributed by atoms with Gasteiger partial charge in [0.05, 0.1) is 4.91 Å². The Morgan fingerprint density at radius 1 is 1.14 bits per heavy atom. The number of nitrogens with zero attached hydrogens (tertiary/aromatic N) is 2. The number of thioether (sulfide) groups is 1. The first-order valence-electron chi connectivity index (χ1n) is 12.0. The maximum Gasteiger partial charge on any atom is 0.294 e. The van der Waals surface area contributed by atoms with Crippen LogP contribution in [-0.4, -0.2) is 40.6 Å². The molecule has 7 heteroatoms. The Bertz CT molecular complexity index is 1230. The number of rotatable bonds is 5. The molecule has 1 saturated heterocycles. The van der Waals surface area contributed by atoms with Crippen LogP contribution in [0.1, 0.15) is 62.3 Å². The maximum absolute atomic E-state index is 13.0. The van der Waals surface area contributed by atoms with Gasteiger partial charge in [0.2, 0.25) is 5.91 Å². The molecule has 35 heavy (non-hydrogen) atoms. The van der Waals surface area contributed by atoms with Crippen molar-refractivity contribution in [1.29, 1.82) is 0 Å². The van der Waals surface area contributed by atoms with Gasteiger partial charge in [0, 0.05) is 23.5 Å². The first-order valence-corrected chi connectivity index (χ1v) is 12.9. The highest BCUT2D eigenvalue weighted by molar-refractivity contribution is 8.18. The average molecular weight is 492 g/mol. The number of carbonyl (C=O) groups is 3. The number of hydrogen-bond donors (Lipinski definition) is 1. The fourth-order valence-corrected chi connectivity index (χ4v) is 5.99. The molecule has 1 N–H and O–H groups in total. The number of anilines is 2. The molecule has 4 rings (SSSR count). The second-order valence-electron chi connectivity index (χ2n) is 10.1. The molecule has 0 bridgehead atoms. The topological polar surface area (TPSA) is 69.7 Å². The number of aryl methyl sites for hydroxylation is 2. The van der Waals surface area contributed by atoms with Crippen molar-refractivity contribution in [3.63, 3.8) is 0 Å². The molecule has 2 aromatic rings. The minimum atomic E-state index is -0.433. The summed E-state index contributed by atoms with van der Waals surface area (Å²) in [7, 11) is 0. The van der Waals surface area contributed by atoms with Crippen LogP contribution >= 0.6 is 11.8 Å². The molecule has 0 aromatic heterocycles. The number of amides is 3. The largest absolute Gasteiger partial charge is 0.366 e. The Balaban J connectivity index is 1.50. The van der Waals surface area contributed by atoms with Gasteiger partial charge in [-0.05, 0) is 111 Å². The van der Waals surface area contributed by atoms with Gasteiger partial charge in [-0.2, -0.15) is 0 Å². The predicted molar refractivity (Wildman–Crippen MR) is 144 cm³/mol. The Kier molecular flexibility index (Phi) is 6.82. The van der Waals surface area contributed by atoms with Crippen LogP contribution in [0.2, 0.25) is 0 Å². The van der Waals surface area contributed by atoms with Gasteiger partial charge >= 0.3 is 0 Å². The first kappa shape index (κ1) is 25.0. The lowest BCUT2D eigenvalue weighted by Gasteiger charge is -2.47. The van der Waals surface area contributed by atoms with Crippen LogP contribution in [0.3, 0.4) is 0 Å². The van der Waals surface area contributed by atoms with Gasteiger partial charge in [-0.1, -0.05) is 19.1 Å². The molecule has 0 spiro atoms. The molecule has 0 aliphatic carbocycles. The lowest BCUT2D eigenvalue weighted by Crippen LogP contribution is -2.48. The van der Waals surface area contributed by atoms with E-state index < -0.39 is 17.1 Å². The fourth-order valence-electron chi connectivity index (χ4n) is 5.15. The molecule has 6 nitrogen and oxygen atoms in total. The van der Waals surface area contributed by atoms with Gasteiger partial charge < -0.3 is 10.2 Å². The van der Waals surface area contributed by atoms with Gasteiger partial charge in [0.25, 0.3) is 11.1 Å². The monoisotopic (exact) mass is 491 g/mol. The number of benzene rings is 2. The van der Waals surface area contributed by atoms with E-state index in [1.165, 1.54) is 11.3 Å². The first-order chi connectivity index (χ1) is 16.5. The van der Waals surface area contributed by atoms with Crippen LogP contribution in [0.5, 0.6) is 0 Å². The normalized spacial score (nSPS) is 20.4. The number of imide groups is 1. The van der Waals surface area contributed by atoms with E-state index in [1.807, 2.05) is 38.1 Å². The second kappa shape index (κ2) is 9.53. The molecule has 184 valence electrons. The SMILES string of the molecule is CCN1c2ccc(/C=C3\SC(=O)N(CC(=O)Nc4ccc(C)c(C)c4)C3=O)cc2[C@H](C)CC1(C)C. The molecule has 2 aromatic carbocycles. The molecular formula is C28H33N3O3S. The van der Waals surface area contributed by atoms with E-state index in [0.29, 0.717) is 16.5 Å². The van der Waals surface area contributed by atoms with Crippen molar-refractivity contribution >= 4 is 46.3 Å². The van der Waals surface area contributed by atoms with Gasteiger partial charge in [0.15, 0.2) is 0 Å². The predicted octanol–water partition coefficient (Wildman–Crippen LogP) is 6.09. The summed E-state index contributed by atoms with van der Waals surface area (Å²) in [4.78, 5) is 41.8. The lowest BCUT2D eigenvalue weighted by atomic mass is 9.79. The van der Waals surface area contributed by atoms with Gasteiger partial charge in [-0.3, -0.25) is 19.3 Å². The fraction of sp³-hybridized carbons (Fsp3) is 0.393. The van der Waals surface area contributed by atoms with Gasteiger partial charge in [0.1, 0.15) is 6.54 Å². The lowest BCUT2D eigenvalue weighted by molar-refractivity contribution is -0.127. The summed E-state index contributed by atoms with van der Waals surface area (Å²) in [5, 5.41) is 2.35. The third-order valence-electron chi connectivity index (χ3n) is 6.99. The van der Waals surface area contributed by atoms with Gasteiger partial charge in [-0.15, -0.1) is 0 Å². The summed E-state index contributed by atoms with van der Waals surface area (Å²) in [6, 6.07) is 11.8. The van der Waals surface area contributed by atoms with E-state index in [2.05, 4.69) is 50.0 Å². The third-order valence-corrected chi connectivity index (χ3v) is 7.90. The molecule has 0 radical (unpaired) electrons. The zero-order valence-corrected chi connectivity index (χ0v) is 22.1. The second-order valence-corrected chi connectivity index (χ2v) is 11.1. The third kappa shape index (κ3) is 5.01. The van der Waals surface area contributed by atoms with Crippen molar-refractivity contribution in [2.45, 2.75) is 59.4 Å². The number of carbonyl (C=O) groups excluding carboxylic acids is 3. The Labute approximate surface area is 211 Å². The Morgan fingerprint density at radius 3 is 2.57 bits per heavy atom. The van der Waals surface area contributed by atoms with Gasteiger partial charge in [-0.25, -0.2) is 0 Å². The maximum atomic E-state index is 13.0. The van der Waals surface area contributed by atoms with E-state index in [9.17, 15) is 14.4 Å². The van der Waals surface area contributed by atoms with Crippen molar-refractivity contribution in [2.75, 3.05) is 23.3 Å². The zero-order valence-electron chi connectivity index (χ0n) is 21.3. The molecular weight excluding hydrogens is 458 g/mol. The van der Waals surface area contributed by atoms with E-state index in [-0.39, 0.29) is 12.1 Å². The van der Waals surface area contributed by atoms with Crippen molar-refractivity contribution in [3.05, 3.63) is 63.6 Å². The number of fused-ring (bicyclic) bond motifs is 1. The van der Waals surface area contributed by atoms with E-state index in [1.54, 1.807) is 6.08 Å². The van der Waals surface area contributed by atoms with E-state index in [0.717, 1.165) is 46.3 Å². The molecule has 3 amide bonds. The molecule has 0 saturated carbocycles. The molecule has 2 heterocycles. The Hall–Kier alpha value is -3.06. The molecule has 2 aliphatic rings. The summed E-state index contributed by atoms with van der Waals surface area (Å²) in [5.41, 5.74) is 6.29. The number of hydrogen-bond acceptors (Lipinski definition) is 5. The minimum Gasteiger partial charge on any atom is -0.366 e. The van der Waals surface area contributed by atoms with Crippen molar-refractivity contribution in [1.82, 2.24) is 4.90 Å². The number of nitrogens with one attached hydrogen (secondary N) is 1. The highest BCUT2D eigenvalue weighted by atomic mass is 32.2. The summed E-state index contributed by atoms with van der Waals surface area (Å²) in [5.74, 6) is -0.445. The summed E-state index contributed by atoms with van der Waals surface area (Å²) >= 11 is 0.880. The van der Waals surface area contributed by atoms with Crippen molar-refractivity contribution < 1.29 is 14.4 Å².